The Balaban J connectivity index is 1.98. The molecule has 0 amide bonds. The molecule has 1 aliphatic carbocycles. The number of carbonyl (C=O) groups excluding carboxylic acids is 1. The van der Waals surface area contributed by atoms with Crippen molar-refractivity contribution in [3.8, 4) is 0 Å². The highest BCUT2D eigenvalue weighted by atomic mass is 32.2. The zero-order valence-corrected chi connectivity index (χ0v) is 16.5. The number of hydrogen-bond donors (Lipinski definition) is 0. The van der Waals surface area contributed by atoms with Gasteiger partial charge in [0.25, 0.3) is 0 Å². The van der Waals surface area contributed by atoms with E-state index in [0.717, 1.165) is 0 Å². The van der Waals surface area contributed by atoms with Crippen molar-refractivity contribution in [3.63, 3.8) is 0 Å². The van der Waals surface area contributed by atoms with E-state index in [9.17, 15) is 35.2 Å². The molecule has 1 saturated carbocycles. The average Bonchev–Trinajstić information content (AvgIpc) is 2.52. The van der Waals surface area contributed by atoms with Crippen molar-refractivity contribution >= 4 is 15.6 Å². The molecular weight excluding hydrogens is 403 g/mol. The van der Waals surface area contributed by atoms with E-state index in [2.05, 4.69) is 0 Å². The van der Waals surface area contributed by atoms with Crippen LogP contribution in [0, 0.1) is 23.5 Å². The Bertz CT molecular complexity index is 799. The maximum Gasteiger partial charge on any atom is 0.422 e. The molecule has 0 atom stereocenters. The molecule has 1 aliphatic rings. The molecule has 0 unspecified atom stereocenters. The monoisotopic (exact) mass is 426 g/mol. The van der Waals surface area contributed by atoms with E-state index in [1.54, 1.807) is 13.8 Å². The minimum Gasteiger partial charge on any atom is -0.299 e. The first-order chi connectivity index (χ1) is 12.8. The number of Topliss-reactive ketones (excluding diaryl/α,β-unsaturated/α-hetero) is 1. The van der Waals surface area contributed by atoms with Gasteiger partial charge in [-0.15, -0.1) is 0 Å². The highest BCUT2D eigenvalue weighted by molar-refractivity contribution is 7.91. The molecule has 0 aromatic heterocycles. The van der Waals surface area contributed by atoms with Gasteiger partial charge in [-0.25, -0.2) is 17.2 Å². The maximum atomic E-state index is 13.6. The summed E-state index contributed by atoms with van der Waals surface area (Å²) in [6.07, 6.45) is -3.47. The lowest BCUT2D eigenvalue weighted by molar-refractivity contribution is -0.142. The van der Waals surface area contributed by atoms with E-state index in [-0.39, 0.29) is 35.4 Å². The molecule has 0 bridgehead atoms. The van der Waals surface area contributed by atoms with Crippen LogP contribution in [0.2, 0.25) is 0 Å². The molecule has 158 valence electrons. The first-order valence-corrected chi connectivity index (χ1v) is 10.8. The van der Waals surface area contributed by atoms with Crippen molar-refractivity contribution < 1.29 is 35.2 Å². The van der Waals surface area contributed by atoms with Crippen LogP contribution in [0.3, 0.4) is 0 Å². The average molecular weight is 426 g/mol. The zero-order chi connectivity index (χ0) is 21.3. The number of carbonyl (C=O) groups is 1. The van der Waals surface area contributed by atoms with Crippen LogP contribution in [0.4, 0.5) is 22.0 Å². The van der Waals surface area contributed by atoms with Crippen molar-refractivity contribution in [2.45, 2.75) is 57.4 Å². The summed E-state index contributed by atoms with van der Waals surface area (Å²) in [6, 6.07) is 1.09. The quantitative estimate of drug-likeness (QED) is 0.619. The van der Waals surface area contributed by atoms with Crippen LogP contribution in [0.5, 0.6) is 0 Å². The predicted molar refractivity (Wildman–Crippen MR) is 94.4 cm³/mol. The molecule has 28 heavy (non-hydrogen) atoms. The van der Waals surface area contributed by atoms with Crippen LogP contribution >= 0.6 is 0 Å². The van der Waals surface area contributed by atoms with Crippen LogP contribution in [-0.4, -0.2) is 25.2 Å². The van der Waals surface area contributed by atoms with E-state index in [4.69, 9.17) is 0 Å². The Morgan fingerprint density at radius 1 is 1.07 bits per heavy atom. The third-order valence-electron chi connectivity index (χ3n) is 5.25. The summed E-state index contributed by atoms with van der Waals surface area (Å²) in [5.41, 5.74) is -2.10. The fourth-order valence-corrected chi connectivity index (χ4v) is 4.89. The molecule has 1 fully saturated rings. The molecule has 0 N–H and O–H groups in total. The molecule has 3 nitrogen and oxygen atoms in total. The van der Waals surface area contributed by atoms with Crippen molar-refractivity contribution in [3.05, 3.63) is 34.9 Å². The van der Waals surface area contributed by atoms with Crippen LogP contribution in [0.15, 0.2) is 12.1 Å². The molecule has 0 aliphatic heterocycles. The minimum atomic E-state index is -5.15. The second-order valence-electron chi connectivity index (χ2n) is 7.67. The highest BCUT2D eigenvalue weighted by Crippen LogP contribution is 2.35. The molecule has 0 radical (unpaired) electrons. The summed E-state index contributed by atoms with van der Waals surface area (Å²) in [7, 11) is -3.17. The van der Waals surface area contributed by atoms with Crippen LogP contribution < -0.4 is 0 Å². The largest absolute Gasteiger partial charge is 0.422 e. The fraction of sp³-hybridized carbons (Fsp3) is 0.632. The van der Waals surface area contributed by atoms with Crippen molar-refractivity contribution in [2.75, 3.05) is 5.75 Å². The van der Waals surface area contributed by atoms with Gasteiger partial charge in [-0.3, -0.25) is 4.79 Å². The highest BCUT2D eigenvalue weighted by Gasteiger charge is 2.38. The Hall–Kier alpha value is -1.51. The normalized spacial score (nSPS) is 21.1. The molecule has 9 heteroatoms. The smallest absolute Gasteiger partial charge is 0.299 e. The number of rotatable bonds is 6. The van der Waals surface area contributed by atoms with E-state index in [0.29, 0.717) is 37.8 Å². The summed E-state index contributed by atoms with van der Waals surface area (Å²) in [5, 5.41) is -0.462. The predicted octanol–water partition coefficient (Wildman–Crippen LogP) is 4.72. The summed E-state index contributed by atoms with van der Waals surface area (Å²) in [6.45, 7) is 3.24. The summed E-state index contributed by atoms with van der Waals surface area (Å²) >= 11 is 0. The molecule has 0 heterocycles. The van der Waals surface area contributed by atoms with Gasteiger partial charge in [0.05, 0.1) is 11.0 Å². The van der Waals surface area contributed by atoms with E-state index in [1.807, 2.05) is 0 Å². The minimum absolute atomic E-state index is 0.0302. The van der Waals surface area contributed by atoms with E-state index < -0.39 is 38.5 Å². The van der Waals surface area contributed by atoms with Gasteiger partial charge < -0.3 is 0 Å². The van der Waals surface area contributed by atoms with Crippen LogP contribution in [0.25, 0.3) is 0 Å². The molecule has 1 aromatic rings. The summed E-state index contributed by atoms with van der Waals surface area (Å²) in [4.78, 5) is 12.4. The number of ketones is 1. The Labute approximate surface area is 161 Å². The lowest BCUT2D eigenvalue weighted by Crippen LogP contribution is -2.29. The molecule has 2 rings (SSSR count). The SMILES string of the molecule is CC(C)S(=O)(=O)CC1CCC(C(=O)Cc2cc(F)c(C(F)(F)F)c(F)c2)CC1. The van der Waals surface area contributed by atoms with Gasteiger partial charge in [-0.1, -0.05) is 0 Å². The lowest BCUT2D eigenvalue weighted by Gasteiger charge is -2.28. The van der Waals surface area contributed by atoms with Gasteiger partial charge in [0.2, 0.25) is 0 Å². The zero-order valence-electron chi connectivity index (χ0n) is 15.7. The van der Waals surface area contributed by atoms with Gasteiger partial charge in [0.1, 0.15) is 23.0 Å². The second-order valence-corrected chi connectivity index (χ2v) is 10.3. The van der Waals surface area contributed by atoms with E-state index in [1.165, 1.54) is 0 Å². The standard InChI is InChI=1S/C19H23F5O3S/c1-11(2)28(26,27)10-12-3-5-14(6-4-12)17(25)9-13-7-15(20)18(16(21)8-13)19(22,23)24/h7-8,11-12,14H,3-6,9-10H2,1-2H3. The van der Waals surface area contributed by atoms with Crippen molar-refractivity contribution in [2.24, 2.45) is 11.8 Å². The van der Waals surface area contributed by atoms with Gasteiger partial charge in [-0.2, -0.15) is 13.2 Å². The van der Waals surface area contributed by atoms with Gasteiger partial charge in [0, 0.05) is 12.3 Å². The van der Waals surface area contributed by atoms with Gasteiger partial charge in [-0.05, 0) is 63.1 Å². The van der Waals surface area contributed by atoms with E-state index >= 15 is 0 Å². The Kier molecular flexibility index (Phi) is 6.89. The second kappa shape index (κ2) is 8.47. The first-order valence-electron chi connectivity index (χ1n) is 9.10. The summed E-state index contributed by atoms with van der Waals surface area (Å²) < 4.78 is 89.1. The third-order valence-corrected chi connectivity index (χ3v) is 7.62. The topological polar surface area (TPSA) is 51.2 Å². The Morgan fingerprint density at radius 2 is 1.57 bits per heavy atom. The number of benzene rings is 1. The number of sulfone groups is 1. The maximum absolute atomic E-state index is 13.6. The fourth-order valence-electron chi connectivity index (χ4n) is 3.52. The number of alkyl halides is 3. The lowest BCUT2D eigenvalue weighted by atomic mass is 9.79. The number of halogens is 5. The van der Waals surface area contributed by atoms with Gasteiger partial charge in [0.15, 0.2) is 9.84 Å². The van der Waals surface area contributed by atoms with Crippen LogP contribution in [0.1, 0.15) is 50.7 Å². The Morgan fingerprint density at radius 3 is 2.00 bits per heavy atom. The molecular formula is C19H23F5O3S. The van der Waals surface area contributed by atoms with Crippen molar-refractivity contribution in [1.29, 1.82) is 0 Å². The third kappa shape index (κ3) is 5.52. The van der Waals surface area contributed by atoms with Crippen LogP contribution in [-0.2, 0) is 27.2 Å². The molecule has 1 aromatic carbocycles. The number of hydrogen-bond acceptors (Lipinski definition) is 3. The molecule has 0 saturated heterocycles. The van der Waals surface area contributed by atoms with Gasteiger partial charge >= 0.3 is 6.18 Å². The molecule has 0 spiro atoms. The summed E-state index contributed by atoms with van der Waals surface area (Å²) in [5.74, 6) is -4.12. The first kappa shape index (κ1) is 22.8. The van der Waals surface area contributed by atoms with Crippen molar-refractivity contribution in [1.82, 2.24) is 0 Å².